The topological polar surface area (TPSA) is 26.3 Å². The zero-order chi connectivity index (χ0) is 6.85. The van der Waals surface area contributed by atoms with E-state index < -0.39 is 0 Å². The molecule has 0 aliphatic heterocycles. The summed E-state index contributed by atoms with van der Waals surface area (Å²) in [5, 5.41) is 0. The van der Waals surface area contributed by atoms with Crippen LogP contribution >= 0.6 is 0 Å². The van der Waals surface area contributed by atoms with Gasteiger partial charge in [0, 0.05) is 12.5 Å². The summed E-state index contributed by atoms with van der Waals surface area (Å²) in [7, 11) is 1.54. The Kier molecular flexibility index (Phi) is 1.39. The predicted octanol–water partition coefficient (Wildman–Crippen LogP) is 1.05. The normalized spacial score (nSPS) is 18.1. The zero-order valence-corrected chi connectivity index (χ0v) is 5.31. The van der Waals surface area contributed by atoms with Gasteiger partial charge in [0.15, 0.2) is 5.78 Å². The van der Waals surface area contributed by atoms with Crippen molar-refractivity contribution in [2.75, 3.05) is 7.11 Å². The van der Waals surface area contributed by atoms with Crippen molar-refractivity contribution in [3.05, 3.63) is 24.0 Å². The molecule has 0 fully saturated rings. The molecule has 0 spiro atoms. The number of hydrogen-bond acceptors (Lipinski definition) is 2. The van der Waals surface area contributed by atoms with E-state index in [9.17, 15) is 4.79 Å². The summed E-state index contributed by atoms with van der Waals surface area (Å²) in [6.45, 7) is 3.64. The Balaban J connectivity index is 2.80. The first-order valence-electron chi connectivity index (χ1n) is 2.70. The monoisotopic (exact) mass is 124 g/mol. The standard InChI is InChI=1S/C7H8O2/c1-5-3-6(8)4-7(5)9-2/h4H,1,3H2,2H3. The molecule has 0 unspecified atom stereocenters. The van der Waals surface area contributed by atoms with Gasteiger partial charge in [-0.15, -0.1) is 0 Å². The van der Waals surface area contributed by atoms with Gasteiger partial charge < -0.3 is 4.74 Å². The molecule has 1 aliphatic carbocycles. The highest BCUT2D eigenvalue weighted by Gasteiger charge is 2.15. The van der Waals surface area contributed by atoms with Gasteiger partial charge >= 0.3 is 0 Å². The van der Waals surface area contributed by atoms with Crippen LogP contribution in [0.3, 0.4) is 0 Å². The molecular weight excluding hydrogens is 116 g/mol. The summed E-state index contributed by atoms with van der Waals surface area (Å²) in [6, 6.07) is 0. The molecule has 48 valence electrons. The number of ketones is 1. The van der Waals surface area contributed by atoms with Crippen molar-refractivity contribution in [1.82, 2.24) is 0 Å². The first-order chi connectivity index (χ1) is 4.24. The molecule has 0 aromatic carbocycles. The Hall–Kier alpha value is -1.05. The molecule has 1 rings (SSSR count). The average molecular weight is 124 g/mol. The maximum Gasteiger partial charge on any atom is 0.163 e. The van der Waals surface area contributed by atoms with Crippen LogP contribution in [0.2, 0.25) is 0 Å². The van der Waals surface area contributed by atoms with Crippen molar-refractivity contribution >= 4 is 5.78 Å². The molecule has 2 heteroatoms. The van der Waals surface area contributed by atoms with E-state index >= 15 is 0 Å². The molecule has 0 saturated heterocycles. The lowest BCUT2D eigenvalue weighted by Gasteiger charge is -1.97. The molecule has 0 heterocycles. The molecule has 0 atom stereocenters. The minimum Gasteiger partial charge on any atom is -0.496 e. The molecule has 0 saturated carbocycles. The van der Waals surface area contributed by atoms with E-state index in [4.69, 9.17) is 4.74 Å². The number of methoxy groups -OCH3 is 1. The van der Waals surface area contributed by atoms with Gasteiger partial charge in [0.25, 0.3) is 0 Å². The molecule has 1 aliphatic rings. The molecule has 0 radical (unpaired) electrons. The van der Waals surface area contributed by atoms with Gasteiger partial charge in [0.05, 0.1) is 7.11 Å². The first-order valence-corrected chi connectivity index (χ1v) is 2.70. The van der Waals surface area contributed by atoms with E-state index in [-0.39, 0.29) is 5.78 Å². The summed E-state index contributed by atoms with van der Waals surface area (Å²) in [6.07, 6.45) is 1.89. The first kappa shape index (κ1) is 6.08. The smallest absolute Gasteiger partial charge is 0.163 e. The second-order valence-corrected chi connectivity index (χ2v) is 1.96. The Bertz CT molecular complexity index is 189. The third kappa shape index (κ3) is 1.02. The fourth-order valence-electron chi connectivity index (χ4n) is 0.800. The predicted molar refractivity (Wildman–Crippen MR) is 33.9 cm³/mol. The molecular formula is C7H8O2. The molecule has 0 amide bonds. The van der Waals surface area contributed by atoms with Crippen LogP contribution < -0.4 is 0 Å². The average Bonchev–Trinajstić information content (AvgIpc) is 2.10. The van der Waals surface area contributed by atoms with Gasteiger partial charge in [-0.3, -0.25) is 4.79 Å². The molecule has 0 aromatic rings. The fraction of sp³-hybridized carbons (Fsp3) is 0.286. The van der Waals surface area contributed by atoms with Gasteiger partial charge in [0.1, 0.15) is 5.76 Å². The van der Waals surface area contributed by atoms with Crippen molar-refractivity contribution in [3.8, 4) is 0 Å². The summed E-state index contributed by atoms with van der Waals surface area (Å²) < 4.78 is 4.83. The van der Waals surface area contributed by atoms with Crippen molar-refractivity contribution in [2.45, 2.75) is 6.42 Å². The molecule has 2 nitrogen and oxygen atoms in total. The van der Waals surface area contributed by atoms with E-state index in [1.165, 1.54) is 13.2 Å². The molecule has 0 aromatic heterocycles. The van der Waals surface area contributed by atoms with Crippen molar-refractivity contribution < 1.29 is 9.53 Å². The van der Waals surface area contributed by atoms with Gasteiger partial charge in [-0.1, -0.05) is 6.58 Å². The quantitative estimate of drug-likeness (QED) is 0.522. The lowest BCUT2D eigenvalue weighted by molar-refractivity contribution is -0.113. The van der Waals surface area contributed by atoms with E-state index in [0.29, 0.717) is 12.2 Å². The highest BCUT2D eigenvalue weighted by Crippen LogP contribution is 2.19. The third-order valence-corrected chi connectivity index (χ3v) is 1.25. The summed E-state index contributed by atoms with van der Waals surface area (Å²) >= 11 is 0. The summed E-state index contributed by atoms with van der Waals surface area (Å²) in [4.78, 5) is 10.6. The maximum absolute atomic E-state index is 10.6. The van der Waals surface area contributed by atoms with Crippen LogP contribution in [0.1, 0.15) is 6.42 Å². The van der Waals surface area contributed by atoms with Gasteiger partial charge in [0.2, 0.25) is 0 Å². The molecule has 0 N–H and O–H groups in total. The SMILES string of the molecule is C=C1CC(=O)C=C1OC. The van der Waals surface area contributed by atoms with E-state index in [0.717, 1.165) is 5.57 Å². The largest absolute Gasteiger partial charge is 0.496 e. The van der Waals surface area contributed by atoms with Crippen LogP contribution in [0.15, 0.2) is 24.0 Å². The maximum atomic E-state index is 10.6. The number of rotatable bonds is 1. The van der Waals surface area contributed by atoms with E-state index in [2.05, 4.69) is 6.58 Å². The van der Waals surface area contributed by atoms with Crippen LogP contribution in [0.5, 0.6) is 0 Å². The minimum atomic E-state index is 0.0804. The Morgan fingerprint density at radius 3 is 2.67 bits per heavy atom. The second-order valence-electron chi connectivity index (χ2n) is 1.96. The Labute approximate surface area is 53.8 Å². The number of ether oxygens (including phenoxy) is 1. The number of allylic oxidation sites excluding steroid dienone is 2. The van der Waals surface area contributed by atoms with Crippen molar-refractivity contribution in [1.29, 1.82) is 0 Å². The fourth-order valence-corrected chi connectivity index (χ4v) is 0.800. The Morgan fingerprint density at radius 2 is 2.44 bits per heavy atom. The van der Waals surface area contributed by atoms with Crippen LogP contribution in [0.4, 0.5) is 0 Å². The second kappa shape index (κ2) is 2.05. The van der Waals surface area contributed by atoms with E-state index in [1.54, 1.807) is 0 Å². The Morgan fingerprint density at radius 1 is 1.78 bits per heavy atom. The third-order valence-electron chi connectivity index (χ3n) is 1.25. The highest BCUT2D eigenvalue weighted by atomic mass is 16.5. The number of carbonyl (C=O) groups excluding carboxylic acids is 1. The van der Waals surface area contributed by atoms with Crippen molar-refractivity contribution in [2.24, 2.45) is 0 Å². The van der Waals surface area contributed by atoms with Gasteiger partial charge in [-0.05, 0) is 5.57 Å². The number of carbonyl (C=O) groups is 1. The minimum absolute atomic E-state index is 0.0804. The van der Waals surface area contributed by atoms with E-state index in [1.807, 2.05) is 0 Å². The molecule has 9 heavy (non-hydrogen) atoms. The lowest BCUT2D eigenvalue weighted by atomic mass is 10.2. The van der Waals surface area contributed by atoms with Crippen molar-refractivity contribution in [3.63, 3.8) is 0 Å². The summed E-state index contributed by atoms with van der Waals surface area (Å²) in [5.41, 5.74) is 0.780. The van der Waals surface area contributed by atoms with Gasteiger partial charge in [-0.2, -0.15) is 0 Å². The number of hydrogen-bond donors (Lipinski definition) is 0. The molecule has 0 bridgehead atoms. The van der Waals surface area contributed by atoms with Gasteiger partial charge in [-0.25, -0.2) is 0 Å². The van der Waals surface area contributed by atoms with Crippen LogP contribution in [0.25, 0.3) is 0 Å². The van der Waals surface area contributed by atoms with Crippen LogP contribution in [-0.2, 0) is 9.53 Å². The van der Waals surface area contributed by atoms with Crippen LogP contribution in [0, 0.1) is 0 Å². The highest BCUT2D eigenvalue weighted by molar-refractivity contribution is 5.96. The summed E-state index contributed by atoms with van der Waals surface area (Å²) in [5.74, 6) is 0.705. The lowest BCUT2D eigenvalue weighted by Crippen LogP contribution is -1.83. The zero-order valence-electron chi connectivity index (χ0n) is 5.31. The van der Waals surface area contributed by atoms with Crippen LogP contribution in [-0.4, -0.2) is 12.9 Å².